The molecule has 1 N–H and O–H groups in total. The molecule has 4 heterocycles. The molecule has 3 aliphatic heterocycles. The molecule has 2 bridgehead atoms. The molecule has 2 aromatic carbocycles. The molecular formula is C29H37N5O4. The Morgan fingerprint density at radius 3 is 2.74 bits per heavy atom. The largest absolute Gasteiger partial charge is 0.490 e. The maximum absolute atomic E-state index is 6.39. The lowest BCUT2D eigenvalue weighted by Gasteiger charge is -2.29. The van der Waals surface area contributed by atoms with E-state index in [9.17, 15) is 0 Å². The smallest absolute Gasteiger partial charge is 0.231 e. The lowest BCUT2D eigenvalue weighted by atomic mass is 9.98. The van der Waals surface area contributed by atoms with E-state index in [4.69, 9.17) is 18.9 Å². The van der Waals surface area contributed by atoms with Crippen LogP contribution in [0.2, 0.25) is 0 Å². The van der Waals surface area contributed by atoms with E-state index in [2.05, 4.69) is 45.2 Å². The van der Waals surface area contributed by atoms with Crippen LogP contribution in [-0.4, -0.2) is 73.5 Å². The van der Waals surface area contributed by atoms with Crippen LogP contribution in [0.3, 0.4) is 0 Å². The highest BCUT2D eigenvalue weighted by atomic mass is 16.7. The fraction of sp³-hybridized carbons (Fsp3) is 0.517. The predicted molar refractivity (Wildman–Crippen MR) is 147 cm³/mol. The second-order valence-corrected chi connectivity index (χ2v) is 10.7. The van der Waals surface area contributed by atoms with Gasteiger partial charge < -0.3 is 34.1 Å². The molecule has 9 nitrogen and oxygen atoms in total. The number of likely N-dealkylation sites (tertiary alicyclic amines) is 1. The van der Waals surface area contributed by atoms with Gasteiger partial charge in [-0.1, -0.05) is 6.07 Å². The summed E-state index contributed by atoms with van der Waals surface area (Å²) in [4.78, 5) is 13.9. The van der Waals surface area contributed by atoms with Crippen LogP contribution in [-0.2, 0) is 6.54 Å². The van der Waals surface area contributed by atoms with E-state index >= 15 is 0 Å². The third-order valence-electron chi connectivity index (χ3n) is 7.76. The summed E-state index contributed by atoms with van der Waals surface area (Å²) in [5.41, 5.74) is 2.82. The molecule has 1 fully saturated rings. The molecule has 1 aromatic heterocycles. The number of hydrogen-bond acceptors (Lipinski definition) is 9. The topological polar surface area (TPSA) is 81.2 Å². The first-order valence-corrected chi connectivity index (χ1v) is 13.7. The Bertz CT molecular complexity index is 1280. The van der Waals surface area contributed by atoms with Crippen LogP contribution in [0.25, 0.3) is 10.9 Å². The van der Waals surface area contributed by atoms with Gasteiger partial charge in [-0.25, -0.2) is 9.97 Å². The van der Waals surface area contributed by atoms with Gasteiger partial charge >= 0.3 is 0 Å². The molecule has 3 aromatic rings. The fourth-order valence-corrected chi connectivity index (χ4v) is 5.44. The summed E-state index contributed by atoms with van der Waals surface area (Å²) >= 11 is 0. The molecule has 0 spiro atoms. The first kappa shape index (κ1) is 25.0. The molecule has 0 aliphatic carbocycles. The van der Waals surface area contributed by atoms with E-state index in [1.807, 2.05) is 18.2 Å². The Balaban J connectivity index is 1.36. The fourth-order valence-electron chi connectivity index (χ4n) is 5.44. The van der Waals surface area contributed by atoms with Crippen molar-refractivity contribution in [2.75, 3.05) is 59.1 Å². The van der Waals surface area contributed by atoms with Crippen molar-refractivity contribution in [3.63, 3.8) is 0 Å². The average Bonchev–Trinajstić information content (AvgIpc) is 3.40. The van der Waals surface area contributed by atoms with Crippen LogP contribution >= 0.6 is 0 Å². The zero-order valence-corrected chi connectivity index (χ0v) is 22.4. The third-order valence-corrected chi connectivity index (χ3v) is 7.76. The van der Waals surface area contributed by atoms with Crippen molar-refractivity contribution in [2.45, 2.75) is 38.6 Å². The van der Waals surface area contributed by atoms with Crippen molar-refractivity contribution < 1.29 is 18.9 Å². The molecule has 0 unspecified atom stereocenters. The van der Waals surface area contributed by atoms with Gasteiger partial charge in [-0.3, -0.25) is 0 Å². The molecule has 0 saturated carbocycles. The van der Waals surface area contributed by atoms with Crippen LogP contribution in [0.15, 0.2) is 30.6 Å². The van der Waals surface area contributed by atoms with Gasteiger partial charge in [0.25, 0.3) is 0 Å². The molecule has 3 aliphatic rings. The number of fused-ring (bicyclic) bond motifs is 4. The Hall–Kier alpha value is -3.30. The molecule has 1 saturated heterocycles. The second kappa shape index (κ2) is 11.2. The Morgan fingerprint density at radius 1 is 0.947 bits per heavy atom. The van der Waals surface area contributed by atoms with Crippen LogP contribution in [0.5, 0.6) is 23.0 Å². The summed E-state index contributed by atoms with van der Waals surface area (Å²) < 4.78 is 24.3. The van der Waals surface area contributed by atoms with Gasteiger partial charge in [-0.15, -0.1) is 0 Å². The van der Waals surface area contributed by atoms with Gasteiger partial charge in [0.2, 0.25) is 6.79 Å². The van der Waals surface area contributed by atoms with Crippen molar-refractivity contribution in [2.24, 2.45) is 5.92 Å². The second-order valence-electron chi connectivity index (χ2n) is 10.7. The minimum absolute atomic E-state index is 0.212. The first-order valence-electron chi connectivity index (χ1n) is 13.7. The molecule has 6 rings (SSSR count). The van der Waals surface area contributed by atoms with Gasteiger partial charge in [0, 0.05) is 18.0 Å². The highest BCUT2D eigenvalue weighted by Crippen LogP contribution is 2.44. The first-order chi connectivity index (χ1) is 18.6. The van der Waals surface area contributed by atoms with E-state index in [-0.39, 0.29) is 6.79 Å². The van der Waals surface area contributed by atoms with Crippen LogP contribution in [0.1, 0.15) is 37.7 Å². The molecule has 9 heteroatoms. The number of anilines is 2. The van der Waals surface area contributed by atoms with Crippen molar-refractivity contribution in [3.8, 4) is 23.0 Å². The van der Waals surface area contributed by atoms with E-state index < -0.39 is 0 Å². The number of rotatable bonds is 3. The summed E-state index contributed by atoms with van der Waals surface area (Å²) in [5.74, 6) is 4.21. The SMILES string of the molecule is CN1CCC(COc2cc3ncnc4c3cc2OCCCCCN(C)Cc2ccc3c(c2N4)OCO3)CC1. The van der Waals surface area contributed by atoms with Gasteiger partial charge in [0.1, 0.15) is 12.1 Å². The molecular weight excluding hydrogens is 482 g/mol. The van der Waals surface area contributed by atoms with Crippen molar-refractivity contribution in [1.29, 1.82) is 0 Å². The highest BCUT2D eigenvalue weighted by Gasteiger charge is 2.24. The van der Waals surface area contributed by atoms with E-state index in [1.54, 1.807) is 6.33 Å². The van der Waals surface area contributed by atoms with Crippen molar-refractivity contribution in [1.82, 2.24) is 19.8 Å². The summed E-state index contributed by atoms with van der Waals surface area (Å²) in [5, 5.41) is 4.45. The van der Waals surface area contributed by atoms with E-state index in [0.29, 0.717) is 24.9 Å². The zero-order chi connectivity index (χ0) is 25.9. The number of benzene rings is 2. The minimum atomic E-state index is 0.212. The van der Waals surface area contributed by atoms with Gasteiger partial charge in [0.05, 0.1) is 24.4 Å². The van der Waals surface area contributed by atoms with Gasteiger partial charge in [-0.2, -0.15) is 0 Å². The molecule has 0 radical (unpaired) electrons. The Kier molecular flexibility index (Phi) is 7.38. The van der Waals surface area contributed by atoms with Crippen molar-refractivity contribution >= 4 is 22.4 Å². The summed E-state index contributed by atoms with van der Waals surface area (Å²) in [6.07, 6.45) is 7.10. The molecule has 202 valence electrons. The van der Waals surface area contributed by atoms with Crippen molar-refractivity contribution in [3.05, 3.63) is 36.2 Å². The van der Waals surface area contributed by atoms with Crippen LogP contribution in [0, 0.1) is 5.92 Å². The van der Waals surface area contributed by atoms with Gasteiger partial charge in [-0.05, 0) is 89.4 Å². The van der Waals surface area contributed by atoms with E-state index in [1.165, 1.54) is 0 Å². The van der Waals surface area contributed by atoms with Gasteiger partial charge in [0.15, 0.2) is 23.0 Å². The lowest BCUT2D eigenvalue weighted by molar-refractivity contribution is 0.156. The summed E-state index contributed by atoms with van der Waals surface area (Å²) in [6.45, 7) is 5.58. The number of aromatic nitrogens is 2. The standard InChI is InChI=1S/C29H37N5O4/c1-33-11-8-20(9-12-33)17-36-26-15-23-22-14-25(26)35-13-5-3-4-10-34(2)16-21-6-7-24-28(38-19-37-24)27(21)32-29(22)31-18-30-23/h6-7,14-15,18,20H,3-5,8-13,16-17,19H2,1-2H3,(H,30,31,32). The minimum Gasteiger partial charge on any atom is -0.490 e. The quantitative estimate of drug-likeness (QED) is 0.524. The zero-order valence-electron chi connectivity index (χ0n) is 22.4. The number of nitrogens with one attached hydrogen (secondary N) is 1. The number of hydrogen-bond donors (Lipinski definition) is 1. The summed E-state index contributed by atoms with van der Waals surface area (Å²) in [6, 6.07) is 8.11. The summed E-state index contributed by atoms with van der Waals surface area (Å²) in [7, 11) is 4.34. The third kappa shape index (κ3) is 5.44. The molecule has 0 amide bonds. The predicted octanol–water partition coefficient (Wildman–Crippen LogP) is 4.82. The maximum atomic E-state index is 6.39. The molecule has 0 atom stereocenters. The highest BCUT2D eigenvalue weighted by molar-refractivity contribution is 5.94. The number of ether oxygens (including phenoxy) is 4. The average molecular weight is 520 g/mol. The van der Waals surface area contributed by atoms with Crippen LogP contribution < -0.4 is 24.3 Å². The van der Waals surface area contributed by atoms with E-state index in [0.717, 1.165) is 103 Å². The Labute approximate surface area is 224 Å². The number of nitrogens with zero attached hydrogens (tertiary/aromatic N) is 4. The maximum Gasteiger partial charge on any atom is 0.231 e. The lowest BCUT2D eigenvalue weighted by Crippen LogP contribution is -2.32. The molecule has 38 heavy (non-hydrogen) atoms. The van der Waals surface area contributed by atoms with Crippen LogP contribution in [0.4, 0.5) is 11.5 Å². The normalized spacial score (nSPS) is 19.3. The monoisotopic (exact) mass is 519 g/mol. The Morgan fingerprint density at radius 2 is 1.84 bits per heavy atom. The number of piperidine rings is 1.